The van der Waals surface area contributed by atoms with E-state index in [9.17, 15) is 0 Å². The van der Waals surface area contributed by atoms with Crippen LogP contribution >= 0.6 is 0 Å². The van der Waals surface area contributed by atoms with E-state index in [1.807, 2.05) is 18.2 Å². The molecule has 0 aliphatic carbocycles. The third kappa shape index (κ3) is 3.20. The maximum absolute atomic E-state index is 6.28. The fraction of sp³-hybridized carbons (Fsp3) is 0.571. The molecule has 1 atom stereocenters. The molecular formula is C14H21NO2. The van der Waals surface area contributed by atoms with Crippen LogP contribution < -0.4 is 10.5 Å². The molecule has 94 valence electrons. The summed E-state index contributed by atoms with van der Waals surface area (Å²) in [5.74, 6) is 1.58. The molecule has 1 unspecified atom stereocenters. The zero-order valence-electron chi connectivity index (χ0n) is 10.4. The van der Waals surface area contributed by atoms with Gasteiger partial charge >= 0.3 is 0 Å². The van der Waals surface area contributed by atoms with Gasteiger partial charge in [-0.15, -0.1) is 0 Å². The second kappa shape index (κ2) is 6.03. The first-order valence-corrected chi connectivity index (χ1v) is 6.27. The standard InChI is InChI=1S/C14H21NO2/c1-16-14-5-3-2-4-12(14)13(15)10-11-6-8-17-9-7-11/h2-5,11,13H,6-10,15H2,1H3. The molecule has 1 aromatic carbocycles. The zero-order valence-corrected chi connectivity index (χ0v) is 10.4. The molecule has 2 N–H and O–H groups in total. The summed E-state index contributed by atoms with van der Waals surface area (Å²) in [5, 5.41) is 0. The highest BCUT2D eigenvalue weighted by Crippen LogP contribution is 2.30. The minimum absolute atomic E-state index is 0.0641. The third-order valence-corrected chi connectivity index (χ3v) is 3.47. The van der Waals surface area contributed by atoms with Gasteiger partial charge in [-0.25, -0.2) is 0 Å². The quantitative estimate of drug-likeness (QED) is 0.872. The van der Waals surface area contributed by atoms with Crippen LogP contribution in [0.2, 0.25) is 0 Å². The van der Waals surface area contributed by atoms with Crippen LogP contribution in [0.25, 0.3) is 0 Å². The van der Waals surface area contributed by atoms with Crippen molar-refractivity contribution in [2.24, 2.45) is 11.7 Å². The minimum atomic E-state index is 0.0641. The molecular weight excluding hydrogens is 214 g/mol. The van der Waals surface area contributed by atoms with Gasteiger partial charge in [0.2, 0.25) is 0 Å². The molecule has 1 aromatic rings. The van der Waals surface area contributed by atoms with Crippen molar-refractivity contribution in [1.29, 1.82) is 0 Å². The second-order valence-corrected chi connectivity index (χ2v) is 4.64. The third-order valence-electron chi connectivity index (χ3n) is 3.47. The van der Waals surface area contributed by atoms with Crippen molar-refractivity contribution in [1.82, 2.24) is 0 Å². The number of methoxy groups -OCH3 is 1. The Bertz CT molecular complexity index is 348. The van der Waals surface area contributed by atoms with Crippen molar-refractivity contribution in [3.8, 4) is 5.75 Å². The molecule has 1 saturated heterocycles. The van der Waals surface area contributed by atoms with Gasteiger partial charge in [0.15, 0.2) is 0 Å². The molecule has 1 heterocycles. The lowest BCUT2D eigenvalue weighted by Crippen LogP contribution is -2.21. The topological polar surface area (TPSA) is 44.5 Å². The second-order valence-electron chi connectivity index (χ2n) is 4.64. The maximum atomic E-state index is 6.28. The summed E-state index contributed by atoms with van der Waals surface area (Å²) >= 11 is 0. The monoisotopic (exact) mass is 235 g/mol. The van der Waals surface area contributed by atoms with Crippen LogP contribution in [0.1, 0.15) is 30.9 Å². The number of hydrogen-bond acceptors (Lipinski definition) is 3. The highest BCUT2D eigenvalue weighted by Gasteiger charge is 2.19. The van der Waals surface area contributed by atoms with Crippen LogP contribution in [0, 0.1) is 5.92 Å². The van der Waals surface area contributed by atoms with Gasteiger partial charge in [-0.1, -0.05) is 18.2 Å². The van der Waals surface area contributed by atoms with E-state index in [-0.39, 0.29) is 6.04 Å². The fourth-order valence-electron chi connectivity index (χ4n) is 2.44. The van der Waals surface area contributed by atoms with E-state index in [1.165, 1.54) is 0 Å². The largest absolute Gasteiger partial charge is 0.496 e. The highest BCUT2D eigenvalue weighted by molar-refractivity contribution is 5.35. The van der Waals surface area contributed by atoms with Crippen molar-refractivity contribution in [2.45, 2.75) is 25.3 Å². The Morgan fingerprint density at radius 3 is 2.76 bits per heavy atom. The van der Waals surface area contributed by atoms with Gasteiger partial charge in [0, 0.05) is 24.8 Å². The Kier molecular flexibility index (Phi) is 4.40. The first kappa shape index (κ1) is 12.4. The number of hydrogen-bond donors (Lipinski definition) is 1. The van der Waals surface area contributed by atoms with Gasteiger partial charge in [0.1, 0.15) is 5.75 Å². The highest BCUT2D eigenvalue weighted by atomic mass is 16.5. The lowest BCUT2D eigenvalue weighted by Gasteiger charge is -2.25. The van der Waals surface area contributed by atoms with Crippen LogP contribution in [0.5, 0.6) is 5.75 Å². The first-order valence-electron chi connectivity index (χ1n) is 6.27. The summed E-state index contributed by atoms with van der Waals surface area (Å²) in [6.45, 7) is 1.76. The number of nitrogens with two attached hydrogens (primary N) is 1. The minimum Gasteiger partial charge on any atom is -0.496 e. The lowest BCUT2D eigenvalue weighted by atomic mass is 9.89. The van der Waals surface area contributed by atoms with Gasteiger partial charge in [-0.3, -0.25) is 0 Å². The molecule has 0 saturated carbocycles. The Labute approximate surface area is 103 Å². The van der Waals surface area contributed by atoms with E-state index >= 15 is 0 Å². The fourth-order valence-corrected chi connectivity index (χ4v) is 2.44. The number of benzene rings is 1. The Morgan fingerprint density at radius 1 is 1.35 bits per heavy atom. The molecule has 3 heteroatoms. The molecule has 0 spiro atoms. The average molecular weight is 235 g/mol. The van der Waals surface area contributed by atoms with Crippen LogP contribution in [0.4, 0.5) is 0 Å². The molecule has 1 aliphatic rings. The average Bonchev–Trinajstić information content (AvgIpc) is 2.40. The van der Waals surface area contributed by atoms with Crippen LogP contribution in [0.15, 0.2) is 24.3 Å². The van der Waals surface area contributed by atoms with Gasteiger partial charge in [-0.2, -0.15) is 0 Å². The number of ether oxygens (including phenoxy) is 2. The molecule has 0 amide bonds. The first-order chi connectivity index (χ1) is 8.31. The summed E-state index contributed by atoms with van der Waals surface area (Å²) in [7, 11) is 1.69. The van der Waals surface area contributed by atoms with E-state index in [4.69, 9.17) is 15.2 Å². The van der Waals surface area contributed by atoms with Crippen molar-refractivity contribution in [3.63, 3.8) is 0 Å². The van der Waals surface area contributed by atoms with Gasteiger partial charge in [0.05, 0.1) is 7.11 Å². The summed E-state index contributed by atoms with van der Waals surface area (Å²) in [5.41, 5.74) is 7.39. The van der Waals surface area contributed by atoms with Crippen molar-refractivity contribution in [2.75, 3.05) is 20.3 Å². The lowest BCUT2D eigenvalue weighted by molar-refractivity contribution is 0.0618. The van der Waals surface area contributed by atoms with Crippen LogP contribution in [-0.4, -0.2) is 20.3 Å². The van der Waals surface area contributed by atoms with E-state index in [2.05, 4.69) is 6.07 Å². The molecule has 0 bridgehead atoms. The van der Waals surface area contributed by atoms with E-state index in [1.54, 1.807) is 7.11 Å². The Hall–Kier alpha value is -1.06. The van der Waals surface area contributed by atoms with Crippen molar-refractivity contribution in [3.05, 3.63) is 29.8 Å². The van der Waals surface area contributed by atoms with Crippen LogP contribution in [-0.2, 0) is 4.74 Å². The van der Waals surface area contributed by atoms with Gasteiger partial charge < -0.3 is 15.2 Å². The predicted octanol–water partition coefficient (Wildman–Crippen LogP) is 2.51. The molecule has 1 fully saturated rings. The molecule has 1 aliphatic heterocycles. The maximum Gasteiger partial charge on any atom is 0.123 e. The van der Waals surface area contributed by atoms with E-state index in [0.29, 0.717) is 5.92 Å². The summed E-state index contributed by atoms with van der Waals surface area (Å²) in [4.78, 5) is 0. The van der Waals surface area contributed by atoms with Gasteiger partial charge in [0.25, 0.3) is 0 Å². The predicted molar refractivity (Wildman–Crippen MR) is 68.1 cm³/mol. The van der Waals surface area contributed by atoms with Gasteiger partial charge in [-0.05, 0) is 31.2 Å². The zero-order chi connectivity index (χ0) is 12.1. The molecule has 17 heavy (non-hydrogen) atoms. The number of para-hydroxylation sites is 1. The SMILES string of the molecule is COc1ccccc1C(N)CC1CCOCC1. The molecule has 3 nitrogen and oxygen atoms in total. The van der Waals surface area contributed by atoms with E-state index in [0.717, 1.165) is 43.8 Å². The summed E-state index contributed by atoms with van der Waals surface area (Å²) in [6, 6.07) is 8.09. The normalized spacial score (nSPS) is 18.9. The van der Waals surface area contributed by atoms with E-state index < -0.39 is 0 Å². The Balaban J connectivity index is 2.00. The molecule has 0 aromatic heterocycles. The summed E-state index contributed by atoms with van der Waals surface area (Å²) < 4.78 is 10.7. The molecule has 2 rings (SSSR count). The Morgan fingerprint density at radius 2 is 2.06 bits per heavy atom. The molecule has 0 radical (unpaired) electrons. The van der Waals surface area contributed by atoms with Crippen molar-refractivity contribution < 1.29 is 9.47 Å². The smallest absolute Gasteiger partial charge is 0.123 e. The number of rotatable bonds is 4. The summed E-state index contributed by atoms with van der Waals surface area (Å²) in [6.07, 6.45) is 3.27. The van der Waals surface area contributed by atoms with Crippen LogP contribution in [0.3, 0.4) is 0 Å². The van der Waals surface area contributed by atoms with Crippen molar-refractivity contribution >= 4 is 0 Å².